The first-order chi connectivity index (χ1) is 13.4. The molecule has 0 spiro atoms. The molecule has 4 heteroatoms. The minimum Gasteiger partial charge on any atom is -0.318 e. The Bertz CT molecular complexity index is 1040. The summed E-state index contributed by atoms with van der Waals surface area (Å²) in [4.78, 5) is 12.2. The van der Waals surface area contributed by atoms with Gasteiger partial charge in [-0.05, 0) is 63.4 Å². The van der Waals surface area contributed by atoms with Crippen LogP contribution in [0.3, 0.4) is 0 Å². The smallest absolute Gasteiger partial charge is 0.244 e. The Morgan fingerprint density at radius 1 is 1.00 bits per heavy atom. The quantitative estimate of drug-likeness (QED) is 0.511. The van der Waals surface area contributed by atoms with Crippen molar-refractivity contribution in [2.24, 2.45) is 5.10 Å². The molecule has 3 rings (SSSR count). The Balaban J connectivity index is 1.72. The van der Waals surface area contributed by atoms with Gasteiger partial charge < -0.3 is 4.57 Å². The molecule has 28 heavy (non-hydrogen) atoms. The van der Waals surface area contributed by atoms with Crippen LogP contribution in [0, 0.1) is 34.6 Å². The predicted molar refractivity (Wildman–Crippen MR) is 115 cm³/mol. The highest BCUT2D eigenvalue weighted by Gasteiger charge is 2.11. The molecule has 0 aliphatic rings. The molecule has 1 amide bonds. The van der Waals surface area contributed by atoms with Crippen LogP contribution in [0.5, 0.6) is 0 Å². The van der Waals surface area contributed by atoms with E-state index >= 15 is 0 Å². The van der Waals surface area contributed by atoms with E-state index in [1.807, 2.05) is 31.2 Å². The highest BCUT2D eigenvalue weighted by molar-refractivity contribution is 5.85. The van der Waals surface area contributed by atoms with Crippen LogP contribution in [0.2, 0.25) is 0 Å². The number of carbonyl (C=O) groups is 1. The van der Waals surface area contributed by atoms with Crippen LogP contribution in [-0.2, 0) is 11.2 Å². The molecule has 1 N–H and O–H groups in total. The molecule has 0 fully saturated rings. The molecule has 0 saturated heterocycles. The molecule has 0 atom stereocenters. The molecule has 0 aliphatic heterocycles. The highest BCUT2D eigenvalue weighted by Crippen LogP contribution is 2.22. The van der Waals surface area contributed by atoms with Gasteiger partial charge in [-0.25, -0.2) is 5.43 Å². The standard InChI is InChI=1S/C24H27N3O/c1-16-10-11-21(18(3)12-16)14-24(28)26-25-15-22-13-19(4)27(20(22)5)23-9-7-6-8-17(23)2/h6-13,15H,14H2,1-5H3,(H,26,28)/b25-15+. The van der Waals surface area contributed by atoms with Crippen molar-refractivity contribution in [1.82, 2.24) is 9.99 Å². The van der Waals surface area contributed by atoms with Gasteiger partial charge in [0.05, 0.1) is 12.6 Å². The van der Waals surface area contributed by atoms with E-state index in [1.165, 1.54) is 11.1 Å². The molecule has 0 saturated carbocycles. The predicted octanol–water partition coefficient (Wildman–Crippen LogP) is 4.71. The molecule has 1 heterocycles. The maximum atomic E-state index is 12.2. The van der Waals surface area contributed by atoms with Crippen molar-refractivity contribution in [3.63, 3.8) is 0 Å². The van der Waals surface area contributed by atoms with Gasteiger partial charge in [0, 0.05) is 22.6 Å². The maximum absolute atomic E-state index is 12.2. The number of hydrogen-bond donors (Lipinski definition) is 1. The van der Waals surface area contributed by atoms with Gasteiger partial charge in [-0.15, -0.1) is 0 Å². The van der Waals surface area contributed by atoms with Crippen LogP contribution in [0.25, 0.3) is 5.69 Å². The van der Waals surface area contributed by atoms with Crippen LogP contribution in [0.1, 0.15) is 39.2 Å². The zero-order valence-electron chi connectivity index (χ0n) is 17.2. The lowest BCUT2D eigenvalue weighted by Gasteiger charge is -2.12. The van der Waals surface area contributed by atoms with Gasteiger partial charge in [0.1, 0.15) is 0 Å². The molecule has 3 aromatic rings. The molecule has 1 aromatic heterocycles. The largest absolute Gasteiger partial charge is 0.318 e. The zero-order chi connectivity index (χ0) is 20.3. The van der Waals surface area contributed by atoms with Crippen molar-refractivity contribution in [2.45, 2.75) is 41.0 Å². The molecule has 4 nitrogen and oxygen atoms in total. The third-order valence-electron chi connectivity index (χ3n) is 5.07. The number of hydrogen-bond acceptors (Lipinski definition) is 2. The van der Waals surface area contributed by atoms with E-state index in [1.54, 1.807) is 6.21 Å². The second-order valence-corrected chi connectivity index (χ2v) is 7.35. The van der Waals surface area contributed by atoms with E-state index in [4.69, 9.17) is 0 Å². The first-order valence-electron chi connectivity index (χ1n) is 9.50. The van der Waals surface area contributed by atoms with Crippen molar-refractivity contribution in [2.75, 3.05) is 0 Å². The Labute approximate surface area is 166 Å². The van der Waals surface area contributed by atoms with Gasteiger partial charge in [-0.1, -0.05) is 42.0 Å². The SMILES string of the molecule is Cc1ccc(CC(=O)N/N=C/c2cc(C)n(-c3ccccc3C)c2C)c(C)c1. The molecular formula is C24H27N3O. The number of nitrogens with zero attached hydrogens (tertiary/aromatic N) is 2. The number of benzene rings is 2. The van der Waals surface area contributed by atoms with Crippen molar-refractivity contribution in [3.05, 3.63) is 87.7 Å². The average Bonchev–Trinajstić information content (AvgIpc) is 2.92. The number of carbonyl (C=O) groups excluding carboxylic acids is 1. The first-order valence-corrected chi connectivity index (χ1v) is 9.50. The van der Waals surface area contributed by atoms with Crippen LogP contribution in [0.15, 0.2) is 53.6 Å². The van der Waals surface area contributed by atoms with Gasteiger partial charge >= 0.3 is 0 Å². The minimum atomic E-state index is -0.115. The summed E-state index contributed by atoms with van der Waals surface area (Å²) in [5.74, 6) is -0.115. The third-order valence-corrected chi connectivity index (χ3v) is 5.07. The van der Waals surface area contributed by atoms with Gasteiger partial charge in [-0.3, -0.25) is 4.79 Å². The average molecular weight is 374 g/mol. The van der Waals surface area contributed by atoms with Crippen molar-refractivity contribution < 1.29 is 4.79 Å². The minimum absolute atomic E-state index is 0.115. The van der Waals surface area contributed by atoms with Crippen LogP contribution in [-0.4, -0.2) is 16.7 Å². The fourth-order valence-corrected chi connectivity index (χ4v) is 3.53. The van der Waals surface area contributed by atoms with E-state index in [-0.39, 0.29) is 5.91 Å². The fraction of sp³-hybridized carbons (Fsp3) is 0.250. The topological polar surface area (TPSA) is 46.4 Å². The first kappa shape index (κ1) is 19.6. The molecule has 0 aliphatic carbocycles. The highest BCUT2D eigenvalue weighted by atomic mass is 16.2. The van der Waals surface area contributed by atoms with E-state index in [0.29, 0.717) is 6.42 Å². The fourth-order valence-electron chi connectivity index (χ4n) is 3.53. The van der Waals surface area contributed by atoms with E-state index in [9.17, 15) is 4.79 Å². The Morgan fingerprint density at radius 3 is 2.46 bits per heavy atom. The lowest BCUT2D eigenvalue weighted by Crippen LogP contribution is -2.20. The van der Waals surface area contributed by atoms with Gasteiger partial charge in [-0.2, -0.15) is 5.10 Å². The van der Waals surface area contributed by atoms with E-state index in [2.05, 4.69) is 67.1 Å². The summed E-state index contributed by atoms with van der Waals surface area (Å²) in [6.07, 6.45) is 2.04. The number of amides is 1. The zero-order valence-corrected chi connectivity index (χ0v) is 17.2. The van der Waals surface area contributed by atoms with Gasteiger partial charge in [0.2, 0.25) is 5.91 Å². The van der Waals surface area contributed by atoms with E-state index in [0.717, 1.165) is 33.8 Å². The number of hydrazone groups is 1. The molecule has 144 valence electrons. The monoisotopic (exact) mass is 373 g/mol. The van der Waals surface area contributed by atoms with Crippen LogP contribution in [0.4, 0.5) is 0 Å². The Kier molecular flexibility index (Phi) is 5.78. The Hall–Kier alpha value is -3.14. The molecule has 0 unspecified atom stereocenters. The summed E-state index contributed by atoms with van der Waals surface area (Å²) in [5, 5.41) is 4.18. The Morgan fingerprint density at radius 2 is 1.75 bits per heavy atom. The maximum Gasteiger partial charge on any atom is 0.244 e. The van der Waals surface area contributed by atoms with Gasteiger partial charge in [0.25, 0.3) is 0 Å². The summed E-state index contributed by atoms with van der Waals surface area (Å²) in [7, 11) is 0. The summed E-state index contributed by atoms with van der Waals surface area (Å²) in [6.45, 7) is 10.3. The summed E-state index contributed by atoms with van der Waals surface area (Å²) >= 11 is 0. The summed E-state index contributed by atoms with van der Waals surface area (Å²) < 4.78 is 2.22. The molecule has 0 radical (unpaired) electrons. The van der Waals surface area contributed by atoms with Crippen molar-refractivity contribution in [1.29, 1.82) is 0 Å². The third kappa shape index (κ3) is 4.22. The second kappa shape index (κ2) is 8.26. The van der Waals surface area contributed by atoms with Gasteiger partial charge in [0.15, 0.2) is 0 Å². The lowest BCUT2D eigenvalue weighted by molar-refractivity contribution is -0.120. The lowest BCUT2D eigenvalue weighted by atomic mass is 10.0. The van der Waals surface area contributed by atoms with Crippen molar-refractivity contribution >= 4 is 12.1 Å². The number of para-hydroxylation sites is 1. The number of rotatable bonds is 5. The number of aromatic nitrogens is 1. The molecule has 2 aromatic carbocycles. The van der Waals surface area contributed by atoms with Crippen molar-refractivity contribution in [3.8, 4) is 5.69 Å². The van der Waals surface area contributed by atoms with E-state index < -0.39 is 0 Å². The van der Waals surface area contributed by atoms with Crippen LogP contribution < -0.4 is 5.43 Å². The number of nitrogens with one attached hydrogen (secondary N) is 1. The molecule has 0 bridgehead atoms. The summed E-state index contributed by atoms with van der Waals surface area (Å²) in [5.41, 5.74) is 11.6. The second-order valence-electron chi connectivity index (χ2n) is 7.35. The normalized spacial score (nSPS) is 11.2. The van der Waals surface area contributed by atoms with Crippen LogP contribution >= 0.6 is 0 Å². The summed E-state index contributed by atoms with van der Waals surface area (Å²) in [6, 6.07) is 16.5. The number of aryl methyl sites for hydroxylation is 4. The molecular weight excluding hydrogens is 346 g/mol.